The molecule has 0 aromatic heterocycles. The van der Waals surface area contributed by atoms with E-state index in [0.717, 1.165) is 11.4 Å². The molecular formula is C14H14N2. The van der Waals surface area contributed by atoms with Gasteiger partial charge in [0, 0.05) is 0 Å². The van der Waals surface area contributed by atoms with Gasteiger partial charge >= 0.3 is 0 Å². The number of aryl methyl sites for hydroxylation is 2. The van der Waals surface area contributed by atoms with Crippen molar-refractivity contribution in [2.75, 3.05) is 10.6 Å². The summed E-state index contributed by atoms with van der Waals surface area (Å²) in [7, 11) is 0. The third-order valence-corrected chi connectivity index (χ3v) is 3.06. The number of rotatable bonds is 0. The lowest BCUT2D eigenvalue weighted by molar-refractivity contribution is 1.35. The van der Waals surface area contributed by atoms with E-state index in [0.29, 0.717) is 0 Å². The van der Waals surface area contributed by atoms with E-state index in [1.165, 1.54) is 22.5 Å². The Morgan fingerprint density at radius 3 is 1.56 bits per heavy atom. The lowest BCUT2D eigenvalue weighted by Gasteiger charge is -2.25. The van der Waals surface area contributed by atoms with E-state index in [9.17, 15) is 0 Å². The number of hydrogen-bond acceptors (Lipinski definition) is 2. The minimum Gasteiger partial charge on any atom is -0.352 e. The van der Waals surface area contributed by atoms with Crippen LogP contribution in [0.2, 0.25) is 0 Å². The average Bonchev–Trinajstić information content (AvgIpc) is 2.29. The maximum atomic E-state index is 3.49. The van der Waals surface area contributed by atoms with E-state index >= 15 is 0 Å². The van der Waals surface area contributed by atoms with E-state index < -0.39 is 0 Å². The Morgan fingerprint density at radius 2 is 1.12 bits per heavy atom. The molecule has 2 aromatic carbocycles. The highest BCUT2D eigenvalue weighted by Crippen LogP contribution is 2.41. The normalized spacial score (nSPS) is 12.1. The summed E-state index contributed by atoms with van der Waals surface area (Å²) < 4.78 is 0. The summed E-state index contributed by atoms with van der Waals surface area (Å²) >= 11 is 0. The van der Waals surface area contributed by atoms with Crippen molar-refractivity contribution in [1.29, 1.82) is 0 Å². The Kier molecular flexibility index (Phi) is 1.90. The van der Waals surface area contributed by atoms with Crippen LogP contribution in [0.25, 0.3) is 0 Å². The van der Waals surface area contributed by atoms with Crippen LogP contribution in [0, 0.1) is 13.8 Å². The second-order valence-electron chi connectivity index (χ2n) is 4.24. The fourth-order valence-corrected chi connectivity index (χ4v) is 2.15. The molecule has 0 unspecified atom stereocenters. The highest BCUT2D eigenvalue weighted by atomic mass is 15.0. The van der Waals surface area contributed by atoms with Crippen LogP contribution in [-0.2, 0) is 0 Å². The van der Waals surface area contributed by atoms with Gasteiger partial charge in [-0.3, -0.25) is 0 Å². The molecule has 0 bridgehead atoms. The standard InChI is InChI=1S/C14H14N2/c1-9-5-3-7-11-13(9)15-12-8-4-6-10(2)14(12)16-11/h3-8,15-16H,1-2H3. The third-order valence-electron chi connectivity index (χ3n) is 3.06. The molecular weight excluding hydrogens is 196 g/mol. The van der Waals surface area contributed by atoms with E-state index in [4.69, 9.17) is 0 Å². The molecule has 16 heavy (non-hydrogen) atoms. The topological polar surface area (TPSA) is 24.1 Å². The number of para-hydroxylation sites is 2. The Morgan fingerprint density at radius 1 is 0.688 bits per heavy atom. The van der Waals surface area contributed by atoms with Gasteiger partial charge in [-0.1, -0.05) is 24.3 Å². The van der Waals surface area contributed by atoms with Gasteiger partial charge in [-0.05, 0) is 37.1 Å². The molecule has 0 atom stereocenters. The molecule has 1 aliphatic rings. The van der Waals surface area contributed by atoms with Gasteiger partial charge in [-0.15, -0.1) is 0 Å². The largest absolute Gasteiger partial charge is 0.352 e. The monoisotopic (exact) mass is 210 g/mol. The summed E-state index contributed by atoms with van der Waals surface area (Å²) in [5.41, 5.74) is 7.19. The first-order valence-electron chi connectivity index (χ1n) is 5.49. The van der Waals surface area contributed by atoms with Crippen molar-refractivity contribution in [3.63, 3.8) is 0 Å². The first-order chi connectivity index (χ1) is 7.75. The van der Waals surface area contributed by atoms with Crippen LogP contribution in [0.3, 0.4) is 0 Å². The summed E-state index contributed by atoms with van der Waals surface area (Å²) in [6, 6.07) is 12.6. The molecule has 0 radical (unpaired) electrons. The highest BCUT2D eigenvalue weighted by molar-refractivity contribution is 5.92. The predicted octanol–water partition coefficient (Wildman–Crippen LogP) is 4.10. The summed E-state index contributed by atoms with van der Waals surface area (Å²) in [4.78, 5) is 0. The first kappa shape index (κ1) is 9.28. The van der Waals surface area contributed by atoms with Crippen molar-refractivity contribution in [2.45, 2.75) is 13.8 Å². The number of nitrogens with one attached hydrogen (secondary N) is 2. The van der Waals surface area contributed by atoms with Crippen LogP contribution in [0.15, 0.2) is 36.4 Å². The molecule has 0 spiro atoms. The molecule has 2 heteroatoms. The summed E-state index contributed by atoms with van der Waals surface area (Å²) in [6.45, 7) is 4.24. The van der Waals surface area contributed by atoms with Crippen LogP contribution in [0.5, 0.6) is 0 Å². The fraction of sp³-hybridized carbons (Fsp3) is 0.143. The van der Waals surface area contributed by atoms with Gasteiger partial charge in [0.1, 0.15) is 0 Å². The van der Waals surface area contributed by atoms with Gasteiger partial charge in [0.25, 0.3) is 0 Å². The molecule has 1 heterocycles. The van der Waals surface area contributed by atoms with Gasteiger partial charge in [-0.25, -0.2) is 0 Å². The van der Waals surface area contributed by atoms with E-state index in [1.54, 1.807) is 0 Å². The minimum absolute atomic E-state index is 1.15. The average molecular weight is 210 g/mol. The van der Waals surface area contributed by atoms with Gasteiger partial charge in [0.2, 0.25) is 0 Å². The fourth-order valence-electron chi connectivity index (χ4n) is 2.15. The Bertz CT molecular complexity index is 507. The van der Waals surface area contributed by atoms with E-state index in [2.05, 4.69) is 60.9 Å². The lowest BCUT2D eigenvalue weighted by atomic mass is 10.1. The summed E-state index contributed by atoms with van der Waals surface area (Å²) in [5, 5.41) is 6.97. The maximum absolute atomic E-state index is 3.49. The Hall–Kier alpha value is -1.96. The lowest BCUT2D eigenvalue weighted by Crippen LogP contribution is -2.08. The molecule has 0 amide bonds. The summed E-state index contributed by atoms with van der Waals surface area (Å²) in [6.07, 6.45) is 0. The molecule has 3 rings (SSSR count). The summed E-state index contributed by atoms with van der Waals surface area (Å²) in [5.74, 6) is 0. The maximum Gasteiger partial charge on any atom is 0.0653 e. The zero-order valence-corrected chi connectivity index (χ0v) is 9.46. The highest BCUT2D eigenvalue weighted by Gasteiger charge is 2.16. The smallest absolute Gasteiger partial charge is 0.0653 e. The van der Waals surface area contributed by atoms with Crippen molar-refractivity contribution in [2.24, 2.45) is 0 Å². The quantitative estimate of drug-likeness (QED) is 0.583. The molecule has 80 valence electrons. The molecule has 0 aliphatic carbocycles. The van der Waals surface area contributed by atoms with Crippen LogP contribution < -0.4 is 10.6 Å². The SMILES string of the molecule is Cc1cccc2c1Nc1cccc(C)c1N2. The van der Waals surface area contributed by atoms with E-state index in [-0.39, 0.29) is 0 Å². The van der Waals surface area contributed by atoms with Crippen LogP contribution >= 0.6 is 0 Å². The first-order valence-corrected chi connectivity index (χ1v) is 5.49. The molecule has 0 saturated carbocycles. The molecule has 1 aliphatic heterocycles. The van der Waals surface area contributed by atoms with Crippen molar-refractivity contribution in [3.05, 3.63) is 47.5 Å². The van der Waals surface area contributed by atoms with Crippen LogP contribution in [-0.4, -0.2) is 0 Å². The number of benzene rings is 2. The molecule has 2 N–H and O–H groups in total. The van der Waals surface area contributed by atoms with Gasteiger partial charge in [-0.2, -0.15) is 0 Å². The zero-order chi connectivity index (χ0) is 11.1. The number of fused-ring (bicyclic) bond motifs is 2. The molecule has 2 nitrogen and oxygen atoms in total. The Balaban J connectivity index is 2.17. The van der Waals surface area contributed by atoms with Crippen LogP contribution in [0.4, 0.5) is 22.7 Å². The van der Waals surface area contributed by atoms with Crippen molar-refractivity contribution in [3.8, 4) is 0 Å². The van der Waals surface area contributed by atoms with Gasteiger partial charge < -0.3 is 10.6 Å². The zero-order valence-electron chi connectivity index (χ0n) is 9.46. The predicted molar refractivity (Wildman–Crippen MR) is 68.9 cm³/mol. The third kappa shape index (κ3) is 1.27. The second kappa shape index (κ2) is 3.27. The molecule has 0 saturated heterocycles. The van der Waals surface area contributed by atoms with Crippen molar-refractivity contribution >= 4 is 22.7 Å². The van der Waals surface area contributed by atoms with Crippen molar-refractivity contribution in [1.82, 2.24) is 0 Å². The minimum atomic E-state index is 1.15. The number of hydrogen-bond donors (Lipinski definition) is 2. The second-order valence-corrected chi connectivity index (χ2v) is 4.24. The van der Waals surface area contributed by atoms with E-state index in [1.807, 2.05) is 0 Å². The van der Waals surface area contributed by atoms with Crippen molar-refractivity contribution < 1.29 is 0 Å². The van der Waals surface area contributed by atoms with Gasteiger partial charge in [0.05, 0.1) is 22.7 Å². The van der Waals surface area contributed by atoms with Gasteiger partial charge in [0.15, 0.2) is 0 Å². The molecule has 0 fully saturated rings. The Labute approximate surface area is 95.3 Å². The molecule has 2 aromatic rings. The number of anilines is 4. The van der Waals surface area contributed by atoms with Crippen LogP contribution in [0.1, 0.15) is 11.1 Å².